The van der Waals surface area contributed by atoms with E-state index in [0.717, 1.165) is 32.5 Å². The van der Waals surface area contributed by atoms with Crippen LogP contribution >= 0.6 is 0 Å². The van der Waals surface area contributed by atoms with Gasteiger partial charge < -0.3 is 9.47 Å². The number of benzene rings is 1. The highest BCUT2D eigenvalue weighted by Gasteiger charge is 2.23. The number of hydrogen-bond donors (Lipinski definition) is 0. The van der Waals surface area contributed by atoms with Gasteiger partial charge in [0.25, 0.3) is 0 Å². The van der Waals surface area contributed by atoms with Gasteiger partial charge in [-0.2, -0.15) is 0 Å². The number of ether oxygens (including phenoxy) is 2. The topological polar surface area (TPSA) is 18.5 Å². The second-order valence-electron chi connectivity index (χ2n) is 7.03. The van der Waals surface area contributed by atoms with Crippen molar-refractivity contribution in [1.29, 1.82) is 0 Å². The van der Waals surface area contributed by atoms with Crippen LogP contribution in [0.4, 0.5) is 0 Å². The van der Waals surface area contributed by atoms with Crippen LogP contribution in [-0.2, 0) is 15.9 Å². The van der Waals surface area contributed by atoms with Gasteiger partial charge in [-0.25, -0.2) is 0 Å². The van der Waals surface area contributed by atoms with Gasteiger partial charge in [-0.05, 0) is 55.9 Å². The Kier molecular flexibility index (Phi) is 8.55. The van der Waals surface area contributed by atoms with Crippen molar-refractivity contribution >= 4 is 0 Å². The minimum Gasteiger partial charge on any atom is -0.353 e. The Hall–Kier alpha value is -1.12. The zero-order valence-corrected chi connectivity index (χ0v) is 15.3. The van der Waals surface area contributed by atoms with Crippen LogP contribution in [0.3, 0.4) is 0 Å². The predicted molar refractivity (Wildman–Crippen MR) is 101 cm³/mol. The largest absolute Gasteiger partial charge is 0.353 e. The highest BCUT2D eigenvalue weighted by Crippen LogP contribution is 2.35. The van der Waals surface area contributed by atoms with E-state index in [4.69, 9.17) is 9.47 Å². The second-order valence-corrected chi connectivity index (χ2v) is 7.03. The molecule has 24 heavy (non-hydrogen) atoms. The summed E-state index contributed by atoms with van der Waals surface area (Å²) in [5, 5.41) is 0. The Morgan fingerprint density at radius 1 is 1.08 bits per heavy atom. The van der Waals surface area contributed by atoms with Crippen LogP contribution in [0.1, 0.15) is 63.9 Å². The molecule has 0 aromatic heterocycles. The standard InChI is InChI=1S/C22H34O2/c1-3-22(4-2,17-15-20-12-7-5-8-13-20)16-10-6-9-14-21-23-18-11-19-24-21/h3,5,7-8,12-13,21H,1,4,6,9-11,14-19H2,2H3/t22-/m1/s1. The maximum Gasteiger partial charge on any atom is 0.157 e. The lowest BCUT2D eigenvalue weighted by Gasteiger charge is -2.30. The molecule has 2 nitrogen and oxygen atoms in total. The van der Waals surface area contributed by atoms with Crippen molar-refractivity contribution in [3.63, 3.8) is 0 Å². The minimum atomic E-state index is 0.0483. The molecule has 1 fully saturated rings. The lowest BCUT2D eigenvalue weighted by atomic mass is 9.75. The summed E-state index contributed by atoms with van der Waals surface area (Å²) in [4.78, 5) is 0. The van der Waals surface area contributed by atoms with E-state index < -0.39 is 0 Å². The molecule has 0 unspecified atom stereocenters. The Morgan fingerprint density at radius 2 is 1.83 bits per heavy atom. The van der Waals surface area contributed by atoms with Gasteiger partial charge in [0, 0.05) is 0 Å². The second kappa shape index (κ2) is 10.7. The van der Waals surface area contributed by atoms with Crippen molar-refractivity contribution in [2.45, 2.75) is 71.0 Å². The van der Waals surface area contributed by atoms with E-state index in [2.05, 4.69) is 49.9 Å². The maximum atomic E-state index is 5.62. The zero-order valence-electron chi connectivity index (χ0n) is 15.3. The first-order valence-electron chi connectivity index (χ1n) is 9.69. The quantitative estimate of drug-likeness (QED) is 0.370. The highest BCUT2D eigenvalue weighted by atomic mass is 16.7. The van der Waals surface area contributed by atoms with E-state index in [1.54, 1.807) is 0 Å². The first kappa shape index (κ1) is 19.2. The van der Waals surface area contributed by atoms with E-state index in [-0.39, 0.29) is 11.7 Å². The van der Waals surface area contributed by atoms with E-state index in [1.807, 2.05) is 0 Å². The molecule has 1 aliphatic heterocycles. The fourth-order valence-corrected chi connectivity index (χ4v) is 3.53. The Balaban J connectivity index is 1.68. The first-order valence-corrected chi connectivity index (χ1v) is 9.69. The summed E-state index contributed by atoms with van der Waals surface area (Å²) < 4.78 is 11.2. The van der Waals surface area contributed by atoms with Gasteiger partial charge in [0.15, 0.2) is 6.29 Å². The van der Waals surface area contributed by atoms with Gasteiger partial charge in [0.1, 0.15) is 0 Å². The van der Waals surface area contributed by atoms with Crippen molar-refractivity contribution in [2.24, 2.45) is 5.41 Å². The van der Waals surface area contributed by atoms with Crippen LogP contribution in [0, 0.1) is 5.41 Å². The molecule has 2 heteroatoms. The zero-order chi connectivity index (χ0) is 17.1. The summed E-state index contributed by atoms with van der Waals surface area (Å²) >= 11 is 0. The van der Waals surface area contributed by atoms with Gasteiger partial charge in [0.2, 0.25) is 0 Å². The van der Waals surface area contributed by atoms with E-state index in [0.29, 0.717) is 0 Å². The summed E-state index contributed by atoms with van der Waals surface area (Å²) in [6.45, 7) is 8.17. The monoisotopic (exact) mass is 330 g/mol. The van der Waals surface area contributed by atoms with Gasteiger partial charge in [-0.1, -0.05) is 56.2 Å². The average molecular weight is 331 g/mol. The lowest BCUT2D eigenvalue weighted by molar-refractivity contribution is -0.181. The molecule has 0 radical (unpaired) electrons. The van der Waals surface area contributed by atoms with E-state index >= 15 is 0 Å². The Bertz CT molecular complexity index is 450. The van der Waals surface area contributed by atoms with Crippen molar-refractivity contribution < 1.29 is 9.47 Å². The van der Waals surface area contributed by atoms with E-state index in [1.165, 1.54) is 44.1 Å². The molecule has 0 N–H and O–H groups in total. The molecular formula is C22H34O2. The van der Waals surface area contributed by atoms with Crippen LogP contribution < -0.4 is 0 Å². The van der Waals surface area contributed by atoms with Crippen LogP contribution in [0.5, 0.6) is 0 Å². The predicted octanol–water partition coefficient (Wildman–Crippen LogP) is 5.92. The Morgan fingerprint density at radius 3 is 2.50 bits per heavy atom. The number of allylic oxidation sites excluding steroid dienone is 1. The molecule has 0 spiro atoms. The summed E-state index contributed by atoms with van der Waals surface area (Å²) in [7, 11) is 0. The smallest absolute Gasteiger partial charge is 0.157 e. The van der Waals surface area contributed by atoms with Crippen LogP contribution in [-0.4, -0.2) is 19.5 Å². The average Bonchev–Trinajstić information content (AvgIpc) is 2.66. The third kappa shape index (κ3) is 6.41. The van der Waals surface area contributed by atoms with Crippen molar-refractivity contribution in [2.75, 3.05) is 13.2 Å². The Labute approximate surface area is 148 Å². The van der Waals surface area contributed by atoms with Crippen molar-refractivity contribution in [3.8, 4) is 0 Å². The summed E-state index contributed by atoms with van der Waals surface area (Å²) in [6.07, 6.45) is 12.8. The SMILES string of the molecule is C=C[C@@](CC)(CCCCCC1OCCCO1)CCc1ccccc1. The van der Waals surface area contributed by atoms with Gasteiger partial charge in [-0.15, -0.1) is 6.58 Å². The summed E-state index contributed by atoms with van der Waals surface area (Å²) in [6, 6.07) is 10.8. The van der Waals surface area contributed by atoms with Crippen LogP contribution in [0.15, 0.2) is 43.0 Å². The molecule has 1 aromatic rings. The molecule has 0 saturated carbocycles. The molecule has 0 aliphatic carbocycles. The fourth-order valence-electron chi connectivity index (χ4n) is 3.53. The fraction of sp³-hybridized carbons (Fsp3) is 0.636. The molecule has 0 bridgehead atoms. The van der Waals surface area contributed by atoms with Gasteiger partial charge in [0.05, 0.1) is 13.2 Å². The first-order chi connectivity index (χ1) is 11.8. The maximum absolute atomic E-state index is 5.62. The number of hydrogen-bond acceptors (Lipinski definition) is 2. The molecule has 1 aromatic carbocycles. The minimum absolute atomic E-state index is 0.0483. The number of rotatable bonds is 11. The van der Waals surface area contributed by atoms with E-state index in [9.17, 15) is 0 Å². The molecule has 134 valence electrons. The molecule has 2 rings (SSSR count). The molecule has 1 aliphatic rings. The lowest BCUT2D eigenvalue weighted by Crippen LogP contribution is -2.24. The van der Waals surface area contributed by atoms with Gasteiger partial charge in [-0.3, -0.25) is 0 Å². The molecule has 1 atom stereocenters. The third-order valence-electron chi connectivity index (χ3n) is 5.40. The normalized spacial score (nSPS) is 18.2. The number of unbranched alkanes of at least 4 members (excludes halogenated alkanes) is 2. The third-order valence-corrected chi connectivity index (χ3v) is 5.40. The molecule has 0 amide bonds. The summed E-state index contributed by atoms with van der Waals surface area (Å²) in [5.74, 6) is 0. The van der Waals surface area contributed by atoms with Crippen LogP contribution in [0.2, 0.25) is 0 Å². The van der Waals surface area contributed by atoms with Gasteiger partial charge >= 0.3 is 0 Å². The molecule has 1 heterocycles. The highest BCUT2D eigenvalue weighted by molar-refractivity contribution is 5.15. The van der Waals surface area contributed by atoms with Crippen molar-refractivity contribution in [1.82, 2.24) is 0 Å². The summed E-state index contributed by atoms with van der Waals surface area (Å²) in [5.41, 5.74) is 1.72. The number of aryl methyl sites for hydroxylation is 1. The molecule has 1 saturated heterocycles. The van der Waals surface area contributed by atoms with Crippen LogP contribution in [0.25, 0.3) is 0 Å². The molecular weight excluding hydrogens is 296 g/mol. The van der Waals surface area contributed by atoms with Crippen molar-refractivity contribution in [3.05, 3.63) is 48.6 Å².